The van der Waals surface area contributed by atoms with E-state index in [1.54, 1.807) is 0 Å². The molecule has 68 valence electrons. The zero-order valence-corrected chi connectivity index (χ0v) is 6.34. The molecule has 13 heavy (non-hydrogen) atoms. The SMILES string of the molecule is O=C(O)c1cccc(C(=O)O)[n+]1O. The standard InChI is InChI=1S/C7H5NO5/c9-6(10)4-2-1-3-5(7(11)12)8(4)13/h1-3H,(H2-,9,10,11,12,13)/p+1. The van der Waals surface area contributed by atoms with Crippen LogP contribution < -0.4 is 4.73 Å². The van der Waals surface area contributed by atoms with E-state index in [0.717, 1.165) is 12.1 Å². The molecular formula is C7H6NO5+. The van der Waals surface area contributed by atoms with Gasteiger partial charge in [-0.25, -0.2) is 9.59 Å². The van der Waals surface area contributed by atoms with Gasteiger partial charge in [0.05, 0.1) is 0 Å². The molecule has 1 rings (SSSR count). The van der Waals surface area contributed by atoms with Crippen molar-refractivity contribution < 1.29 is 29.7 Å². The summed E-state index contributed by atoms with van der Waals surface area (Å²) < 4.78 is 0.116. The number of aromatic nitrogens is 1. The van der Waals surface area contributed by atoms with Gasteiger partial charge in [0, 0.05) is 16.9 Å². The average molecular weight is 184 g/mol. The maximum Gasteiger partial charge on any atom is 0.406 e. The summed E-state index contributed by atoms with van der Waals surface area (Å²) in [6.45, 7) is 0. The molecule has 6 nitrogen and oxygen atoms in total. The molecule has 0 saturated carbocycles. The largest absolute Gasteiger partial charge is 0.473 e. The number of rotatable bonds is 2. The van der Waals surface area contributed by atoms with E-state index in [0.29, 0.717) is 0 Å². The van der Waals surface area contributed by atoms with Gasteiger partial charge in [-0.1, -0.05) is 0 Å². The van der Waals surface area contributed by atoms with Gasteiger partial charge < -0.3 is 10.2 Å². The number of pyridine rings is 1. The molecule has 0 atom stereocenters. The third-order valence-electron chi connectivity index (χ3n) is 1.40. The fourth-order valence-electron chi connectivity index (χ4n) is 0.825. The van der Waals surface area contributed by atoms with Crippen LogP contribution >= 0.6 is 0 Å². The maximum absolute atomic E-state index is 10.4. The predicted octanol–water partition coefficient (Wildman–Crippen LogP) is -0.392. The summed E-state index contributed by atoms with van der Waals surface area (Å²) in [5, 5.41) is 26.1. The number of aromatic carboxylic acids is 2. The Bertz CT molecular complexity index is 341. The summed E-state index contributed by atoms with van der Waals surface area (Å²) in [5.74, 6) is -2.80. The van der Waals surface area contributed by atoms with Gasteiger partial charge >= 0.3 is 23.3 Å². The van der Waals surface area contributed by atoms with Crippen molar-refractivity contribution in [2.24, 2.45) is 0 Å². The van der Waals surface area contributed by atoms with Crippen molar-refractivity contribution >= 4 is 11.9 Å². The zero-order valence-electron chi connectivity index (χ0n) is 6.34. The Hall–Kier alpha value is -2.11. The topological polar surface area (TPSA) is 98.7 Å². The van der Waals surface area contributed by atoms with Gasteiger partial charge in [0.15, 0.2) is 0 Å². The molecule has 0 radical (unpaired) electrons. The Balaban J connectivity index is 3.35. The van der Waals surface area contributed by atoms with Gasteiger partial charge in [0.25, 0.3) is 0 Å². The van der Waals surface area contributed by atoms with Crippen molar-refractivity contribution in [1.82, 2.24) is 0 Å². The van der Waals surface area contributed by atoms with Crippen LogP contribution in [0.3, 0.4) is 0 Å². The molecule has 0 aromatic carbocycles. The van der Waals surface area contributed by atoms with Crippen LogP contribution in [0.15, 0.2) is 18.2 Å². The number of carbonyl (C=O) groups is 2. The second kappa shape index (κ2) is 3.10. The summed E-state index contributed by atoms with van der Waals surface area (Å²) in [4.78, 5) is 20.8. The highest BCUT2D eigenvalue weighted by molar-refractivity contribution is 5.86. The van der Waals surface area contributed by atoms with Crippen molar-refractivity contribution in [1.29, 1.82) is 0 Å². The van der Waals surface area contributed by atoms with Crippen LogP contribution in [0.25, 0.3) is 0 Å². The molecule has 0 spiro atoms. The molecule has 0 aliphatic rings. The third-order valence-corrected chi connectivity index (χ3v) is 1.40. The summed E-state index contributed by atoms with van der Waals surface area (Å²) in [6, 6.07) is 3.42. The smallest absolute Gasteiger partial charge is 0.406 e. The summed E-state index contributed by atoms with van der Waals surface area (Å²) >= 11 is 0. The summed E-state index contributed by atoms with van der Waals surface area (Å²) in [5.41, 5.74) is -1.00. The Morgan fingerprint density at radius 2 is 1.46 bits per heavy atom. The molecule has 3 N–H and O–H groups in total. The Morgan fingerprint density at radius 3 is 1.77 bits per heavy atom. The molecule has 0 saturated heterocycles. The first-order valence-electron chi connectivity index (χ1n) is 3.25. The molecule has 0 aliphatic heterocycles. The molecule has 6 heteroatoms. The Labute approximate surface area is 72.3 Å². The van der Waals surface area contributed by atoms with E-state index in [-0.39, 0.29) is 4.73 Å². The zero-order chi connectivity index (χ0) is 10.0. The van der Waals surface area contributed by atoms with Crippen molar-refractivity contribution in [3.8, 4) is 0 Å². The first-order chi connectivity index (χ1) is 6.04. The van der Waals surface area contributed by atoms with E-state index in [1.165, 1.54) is 6.07 Å². The summed E-state index contributed by atoms with van der Waals surface area (Å²) in [6.07, 6.45) is 0. The highest BCUT2D eigenvalue weighted by atomic mass is 16.5. The van der Waals surface area contributed by atoms with E-state index in [9.17, 15) is 9.59 Å². The number of hydrogen-bond donors (Lipinski definition) is 3. The monoisotopic (exact) mass is 184 g/mol. The average Bonchev–Trinajstić information content (AvgIpc) is 2.03. The minimum Gasteiger partial charge on any atom is -0.473 e. The Kier molecular flexibility index (Phi) is 2.14. The van der Waals surface area contributed by atoms with Crippen molar-refractivity contribution in [3.63, 3.8) is 0 Å². The van der Waals surface area contributed by atoms with Gasteiger partial charge in [0.1, 0.15) is 0 Å². The number of carboxylic acids is 2. The lowest BCUT2D eigenvalue weighted by Crippen LogP contribution is -2.43. The number of hydrogen-bond acceptors (Lipinski definition) is 3. The molecule has 0 aliphatic carbocycles. The minimum atomic E-state index is -1.40. The second-order valence-electron chi connectivity index (χ2n) is 2.22. The third kappa shape index (κ3) is 1.56. The lowest BCUT2D eigenvalue weighted by molar-refractivity contribution is -0.907. The van der Waals surface area contributed by atoms with E-state index in [4.69, 9.17) is 15.4 Å². The summed E-state index contributed by atoms with van der Waals surface area (Å²) in [7, 11) is 0. The van der Waals surface area contributed by atoms with Crippen LogP contribution in [0.5, 0.6) is 0 Å². The van der Waals surface area contributed by atoms with E-state index in [1.807, 2.05) is 0 Å². The van der Waals surface area contributed by atoms with Crippen LogP contribution in [-0.4, -0.2) is 27.4 Å². The molecule has 1 heterocycles. The molecule has 1 aromatic heterocycles. The first-order valence-corrected chi connectivity index (χ1v) is 3.25. The second-order valence-corrected chi connectivity index (χ2v) is 2.22. The molecule has 0 unspecified atom stereocenters. The lowest BCUT2D eigenvalue weighted by Gasteiger charge is -1.92. The molecule has 0 fully saturated rings. The van der Waals surface area contributed by atoms with Crippen molar-refractivity contribution in [2.75, 3.05) is 0 Å². The van der Waals surface area contributed by atoms with Gasteiger partial charge in [-0.05, 0) is 6.07 Å². The van der Waals surface area contributed by atoms with E-state index >= 15 is 0 Å². The van der Waals surface area contributed by atoms with Crippen LogP contribution in [0.4, 0.5) is 0 Å². The van der Waals surface area contributed by atoms with E-state index < -0.39 is 23.3 Å². The van der Waals surface area contributed by atoms with Gasteiger partial charge in [-0.2, -0.15) is 0 Å². The number of nitrogens with zero attached hydrogens (tertiary/aromatic N) is 1. The van der Waals surface area contributed by atoms with Gasteiger partial charge in [-0.3, -0.25) is 5.21 Å². The highest BCUT2D eigenvalue weighted by Crippen LogP contribution is 1.95. The van der Waals surface area contributed by atoms with E-state index in [2.05, 4.69) is 0 Å². The fourth-order valence-corrected chi connectivity index (χ4v) is 0.825. The minimum absolute atomic E-state index is 0.116. The maximum atomic E-state index is 10.4. The van der Waals surface area contributed by atoms with Crippen LogP contribution in [-0.2, 0) is 0 Å². The van der Waals surface area contributed by atoms with Crippen LogP contribution in [0.2, 0.25) is 0 Å². The Morgan fingerprint density at radius 1 is 1.08 bits per heavy atom. The molecular weight excluding hydrogens is 178 g/mol. The lowest BCUT2D eigenvalue weighted by atomic mass is 10.3. The normalized spacial score (nSPS) is 9.54. The van der Waals surface area contributed by atoms with Crippen LogP contribution in [0.1, 0.15) is 21.0 Å². The number of carboxylic acid groups (broad SMARTS) is 2. The quantitative estimate of drug-likeness (QED) is 0.429. The van der Waals surface area contributed by atoms with Gasteiger partial charge in [0.2, 0.25) is 0 Å². The predicted molar refractivity (Wildman–Crippen MR) is 37.7 cm³/mol. The van der Waals surface area contributed by atoms with Gasteiger partial charge in [-0.15, -0.1) is 0 Å². The fraction of sp³-hybridized carbons (Fsp3) is 0. The van der Waals surface area contributed by atoms with Crippen molar-refractivity contribution in [2.45, 2.75) is 0 Å². The van der Waals surface area contributed by atoms with Crippen LogP contribution in [0, 0.1) is 0 Å². The van der Waals surface area contributed by atoms with Crippen molar-refractivity contribution in [3.05, 3.63) is 29.6 Å². The molecule has 0 bridgehead atoms. The molecule has 0 amide bonds. The highest BCUT2D eigenvalue weighted by Gasteiger charge is 2.26. The molecule has 1 aromatic rings. The first kappa shape index (κ1) is 8.98.